The molecule has 6 nitrogen and oxygen atoms in total. The summed E-state index contributed by atoms with van der Waals surface area (Å²) >= 11 is 1.50. The molecule has 0 radical (unpaired) electrons. The number of likely N-dealkylation sites (tertiary alicyclic amines) is 1. The van der Waals surface area contributed by atoms with Crippen LogP contribution >= 0.6 is 11.3 Å². The Balaban J connectivity index is 1.63. The number of benzene rings is 1. The first kappa shape index (κ1) is 17.4. The van der Waals surface area contributed by atoms with Gasteiger partial charge < -0.3 is 15.5 Å². The maximum absolute atomic E-state index is 12.7. The molecule has 2 N–H and O–H groups in total. The fourth-order valence-corrected chi connectivity index (χ4v) is 3.53. The highest BCUT2D eigenvalue weighted by molar-refractivity contribution is 7.07. The van der Waals surface area contributed by atoms with Crippen LogP contribution in [-0.4, -0.2) is 34.4 Å². The van der Waals surface area contributed by atoms with Gasteiger partial charge in [0.15, 0.2) is 0 Å². The van der Waals surface area contributed by atoms with Gasteiger partial charge in [-0.05, 0) is 43.9 Å². The fourth-order valence-electron chi connectivity index (χ4n) is 2.98. The Kier molecular flexibility index (Phi) is 5.33. The van der Waals surface area contributed by atoms with Crippen molar-refractivity contribution >= 4 is 29.0 Å². The van der Waals surface area contributed by atoms with Crippen molar-refractivity contribution in [2.45, 2.75) is 39.3 Å². The van der Waals surface area contributed by atoms with E-state index in [1.54, 1.807) is 10.4 Å². The largest absolute Gasteiger partial charge is 0.349 e. The van der Waals surface area contributed by atoms with Crippen LogP contribution in [0.2, 0.25) is 0 Å². The molecule has 3 amide bonds. The topological polar surface area (TPSA) is 74.3 Å². The van der Waals surface area contributed by atoms with Crippen LogP contribution in [0.4, 0.5) is 10.5 Å². The molecular weight excluding hydrogens is 336 g/mol. The van der Waals surface area contributed by atoms with Gasteiger partial charge in [-0.1, -0.05) is 12.1 Å². The number of anilines is 1. The van der Waals surface area contributed by atoms with E-state index in [0.29, 0.717) is 19.5 Å². The molecule has 1 aromatic carbocycles. The number of hydrogen-bond donors (Lipinski definition) is 2. The molecular formula is C18H22N4O2S. The molecule has 2 aromatic rings. The van der Waals surface area contributed by atoms with Crippen molar-refractivity contribution in [2.75, 3.05) is 11.9 Å². The minimum Gasteiger partial charge on any atom is -0.349 e. The zero-order chi connectivity index (χ0) is 17.8. The number of aryl methyl sites for hydroxylation is 1. The van der Waals surface area contributed by atoms with E-state index in [9.17, 15) is 9.59 Å². The first-order chi connectivity index (χ1) is 12.1. The van der Waals surface area contributed by atoms with Gasteiger partial charge in [-0.15, -0.1) is 11.3 Å². The van der Waals surface area contributed by atoms with E-state index in [1.165, 1.54) is 11.3 Å². The quantitative estimate of drug-likeness (QED) is 0.882. The highest BCUT2D eigenvalue weighted by Crippen LogP contribution is 2.22. The molecule has 1 aliphatic rings. The Morgan fingerprint density at radius 2 is 2.20 bits per heavy atom. The van der Waals surface area contributed by atoms with Crippen LogP contribution < -0.4 is 10.6 Å². The summed E-state index contributed by atoms with van der Waals surface area (Å²) in [5, 5.41) is 7.73. The molecule has 0 spiro atoms. The van der Waals surface area contributed by atoms with Gasteiger partial charge in [0, 0.05) is 17.6 Å². The van der Waals surface area contributed by atoms with Gasteiger partial charge in [-0.3, -0.25) is 4.79 Å². The maximum atomic E-state index is 12.7. The lowest BCUT2D eigenvalue weighted by atomic mass is 10.1. The molecule has 1 atom stereocenters. The van der Waals surface area contributed by atoms with Gasteiger partial charge in [0.2, 0.25) is 5.91 Å². The number of carbonyl (C=O) groups is 2. The van der Waals surface area contributed by atoms with Gasteiger partial charge in [0.05, 0.1) is 17.7 Å². The van der Waals surface area contributed by atoms with Crippen LogP contribution in [0.25, 0.3) is 0 Å². The summed E-state index contributed by atoms with van der Waals surface area (Å²) < 4.78 is 0. The van der Waals surface area contributed by atoms with Gasteiger partial charge in [0.25, 0.3) is 0 Å². The highest BCUT2D eigenvalue weighted by atomic mass is 32.1. The van der Waals surface area contributed by atoms with Gasteiger partial charge in [-0.2, -0.15) is 0 Å². The van der Waals surface area contributed by atoms with Gasteiger partial charge in [0.1, 0.15) is 6.04 Å². The lowest BCUT2D eigenvalue weighted by Gasteiger charge is -2.24. The zero-order valence-electron chi connectivity index (χ0n) is 14.4. The molecule has 1 aliphatic heterocycles. The van der Waals surface area contributed by atoms with Gasteiger partial charge >= 0.3 is 6.03 Å². The number of rotatable bonds is 4. The van der Waals surface area contributed by atoms with E-state index in [1.807, 2.05) is 37.4 Å². The number of nitrogens with zero attached hydrogens (tertiary/aromatic N) is 2. The Morgan fingerprint density at radius 3 is 2.96 bits per heavy atom. The van der Waals surface area contributed by atoms with Crippen molar-refractivity contribution in [3.8, 4) is 0 Å². The molecule has 1 aromatic heterocycles. The molecule has 0 aliphatic carbocycles. The second kappa shape index (κ2) is 7.65. The van der Waals surface area contributed by atoms with E-state index < -0.39 is 6.04 Å². The average molecular weight is 358 g/mol. The predicted octanol–water partition coefficient (Wildman–Crippen LogP) is 3.07. The van der Waals surface area contributed by atoms with Crippen molar-refractivity contribution in [1.82, 2.24) is 15.2 Å². The number of carbonyl (C=O) groups excluding carboxylic acids is 2. The highest BCUT2D eigenvalue weighted by Gasteiger charge is 2.34. The van der Waals surface area contributed by atoms with Crippen LogP contribution in [0.5, 0.6) is 0 Å². The first-order valence-corrected chi connectivity index (χ1v) is 9.29. The third-order valence-corrected chi connectivity index (χ3v) is 5.23. The normalized spacial score (nSPS) is 16.7. The molecule has 1 unspecified atom stereocenters. The van der Waals surface area contributed by atoms with Crippen molar-refractivity contribution < 1.29 is 9.59 Å². The molecule has 1 saturated heterocycles. The summed E-state index contributed by atoms with van der Waals surface area (Å²) in [6, 6.07) is 5.16. The standard InChI is InChI=1S/C18H22N4O2S/c1-12-5-3-6-15(13(12)2)21-18(24)22-8-4-7-16(22)17(23)19-9-14-10-25-11-20-14/h3,5-6,10-11,16H,4,7-9H2,1-2H3,(H,19,23)(H,21,24). The second-order valence-corrected chi connectivity index (χ2v) is 6.95. The van der Waals surface area contributed by atoms with Crippen molar-refractivity contribution in [3.63, 3.8) is 0 Å². The molecule has 2 heterocycles. The Bertz CT molecular complexity index is 760. The number of nitrogens with one attached hydrogen (secondary N) is 2. The third-order valence-electron chi connectivity index (χ3n) is 4.59. The van der Waals surface area contributed by atoms with E-state index in [-0.39, 0.29) is 11.9 Å². The number of thiazole rings is 1. The summed E-state index contributed by atoms with van der Waals surface area (Å²) in [6.45, 7) is 4.97. The van der Waals surface area contributed by atoms with Crippen LogP contribution in [0.1, 0.15) is 29.7 Å². The van der Waals surface area contributed by atoms with E-state index >= 15 is 0 Å². The second-order valence-electron chi connectivity index (χ2n) is 6.23. The molecule has 3 rings (SSSR count). The lowest BCUT2D eigenvalue weighted by Crippen LogP contribution is -2.47. The van der Waals surface area contributed by atoms with Crippen LogP contribution in [0.3, 0.4) is 0 Å². The first-order valence-electron chi connectivity index (χ1n) is 8.35. The van der Waals surface area contributed by atoms with E-state index in [0.717, 1.165) is 28.9 Å². The minimum absolute atomic E-state index is 0.124. The van der Waals surface area contributed by atoms with Crippen molar-refractivity contribution in [2.24, 2.45) is 0 Å². The van der Waals surface area contributed by atoms with Crippen LogP contribution in [-0.2, 0) is 11.3 Å². The number of urea groups is 1. The summed E-state index contributed by atoms with van der Waals surface area (Å²) in [7, 11) is 0. The Morgan fingerprint density at radius 1 is 1.36 bits per heavy atom. The number of amides is 3. The van der Waals surface area contributed by atoms with Crippen molar-refractivity contribution in [1.29, 1.82) is 0 Å². The predicted molar refractivity (Wildman–Crippen MR) is 98.6 cm³/mol. The van der Waals surface area contributed by atoms with E-state index in [2.05, 4.69) is 15.6 Å². The Hall–Kier alpha value is -2.41. The summed E-state index contributed by atoms with van der Waals surface area (Å²) in [5.74, 6) is -0.124. The molecule has 0 bridgehead atoms. The van der Waals surface area contributed by atoms with Crippen LogP contribution in [0.15, 0.2) is 29.1 Å². The smallest absolute Gasteiger partial charge is 0.322 e. The minimum atomic E-state index is -0.427. The molecule has 7 heteroatoms. The maximum Gasteiger partial charge on any atom is 0.322 e. The molecule has 1 fully saturated rings. The zero-order valence-corrected chi connectivity index (χ0v) is 15.2. The molecule has 25 heavy (non-hydrogen) atoms. The monoisotopic (exact) mass is 358 g/mol. The average Bonchev–Trinajstić information content (AvgIpc) is 3.28. The SMILES string of the molecule is Cc1cccc(NC(=O)N2CCCC2C(=O)NCc2cscn2)c1C. The van der Waals surface area contributed by atoms with Gasteiger partial charge in [-0.25, -0.2) is 9.78 Å². The van der Waals surface area contributed by atoms with E-state index in [4.69, 9.17) is 0 Å². The third kappa shape index (κ3) is 3.99. The van der Waals surface area contributed by atoms with Crippen LogP contribution in [0, 0.1) is 13.8 Å². The molecule has 0 saturated carbocycles. The van der Waals surface area contributed by atoms with Crippen molar-refractivity contribution in [3.05, 3.63) is 45.9 Å². The number of aromatic nitrogens is 1. The fraction of sp³-hybridized carbons (Fsp3) is 0.389. The lowest BCUT2D eigenvalue weighted by molar-refractivity contribution is -0.124. The Labute approximate surface area is 151 Å². The summed E-state index contributed by atoms with van der Waals surface area (Å²) in [5.41, 5.74) is 5.53. The molecule has 132 valence electrons. The summed E-state index contributed by atoms with van der Waals surface area (Å²) in [4.78, 5) is 30.9. The number of hydrogen-bond acceptors (Lipinski definition) is 4. The summed E-state index contributed by atoms with van der Waals surface area (Å²) in [6.07, 6.45) is 1.51.